The molecule has 216 valence electrons. The molecule has 0 aliphatic rings. The first-order valence-electron chi connectivity index (χ1n) is 12.9. The third-order valence-electron chi connectivity index (χ3n) is 5.94. The van der Waals surface area contributed by atoms with Crippen LogP contribution in [0.3, 0.4) is 0 Å². The van der Waals surface area contributed by atoms with E-state index in [0.717, 1.165) is 28.1 Å². The number of ether oxygens (including phenoxy) is 3. The van der Waals surface area contributed by atoms with Crippen LogP contribution in [0, 0.1) is 0 Å². The first-order chi connectivity index (χ1) is 20.5. The molecule has 0 saturated carbocycles. The fraction of sp³-hybridized carbons (Fsp3) is 0.133. The fourth-order valence-corrected chi connectivity index (χ4v) is 3.86. The highest BCUT2D eigenvalue weighted by atomic mass is 16.5. The van der Waals surface area contributed by atoms with Gasteiger partial charge in [-0.1, -0.05) is 66.7 Å². The number of aromatic nitrogens is 4. The Kier molecular flexibility index (Phi) is 10.1. The van der Waals surface area contributed by atoms with Gasteiger partial charge in [0, 0.05) is 12.1 Å². The number of nitrogens with two attached hydrogens (primary N) is 2. The Labute approximate surface area is 243 Å². The summed E-state index contributed by atoms with van der Waals surface area (Å²) in [7, 11) is 4.68. The van der Waals surface area contributed by atoms with Gasteiger partial charge in [0.1, 0.15) is 11.5 Å². The Bertz CT molecular complexity index is 1590. The molecular weight excluding hydrogens is 534 g/mol. The van der Waals surface area contributed by atoms with Crippen LogP contribution in [-0.4, -0.2) is 53.7 Å². The van der Waals surface area contributed by atoms with Crippen molar-refractivity contribution in [1.82, 2.24) is 20.4 Å². The molecule has 2 aromatic heterocycles. The lowest BCUT2D eigenvalue weighted by atomic mass is 10.1. The number of aromatic amines is 2. The average molecular weight is 568 g/mol. The Hall–Kier alpha value is -5.78. The van der Waals surface area contributed by atoms with Gasteiger partial charge < -0.3 is 31.0 Å². The quantitative estimate of drug-likeness (QED) is 0.133. The second-order valence-electron chi connectivity index (χ2n) is 8.66. The van der Waals surface area contributed by atoms with E-state index < -0.39 is 0 Å². The molecule has 0 atom stereocenters. The summed E-state index contributed by atoms with van der Waals surface area (Å²) in [5.74, 6) is 2.75. The first kappa shape index (κ1) is 29.2. The smallest absolute Gasteiger partial charge is 0.288 e. The molecule has 12 nitrogen and oxygen atoms in total. The van der Waals surface area contributed by atoms with Gasteiger partial charge in [-0.15, -0.1) is 0 Å². The normalized spacial score (nSPS) is 11.3. The monoisotopic (exact) mass is 567 g/mol. The summed E-state index contributed by atoms with van der Waals surface area (Å²) >= 11 is 0. The van der Waals surface area contributed by atoms with Crippen LogP contribution in [0.4, 0.5) is 11.6 Å². The average Bonchev–Trinajstić information content (AvgIpc) is 3.71. The maximum atomic E-state index is 5.99. The standard InChI is InChI=1S/C19H21N5O2.C11H12N4O/c1-25-16-9-6-10-17(26-2)14(16)12-21-19(20)22-18-11-15(23-24-18)13-7-4-3-5-8-13;1-16-11(12)13-10-7-9(14-15-10)8-5-3-2-4-6-8/h3-11H,12H2,1-2H3,(H4,20,21,22,23,24);2-7H,1H3,(H3,12,13,14,15). The summed E-state index contributed by atoms with van der Waals surface area (Å²) in [6.07, 6.45) is 0. The molecular formula is C30H33N9O3. The second-order valence-corrected chi connectivity index (χ2v) is 8.66. The lowest BCUT2D eigenvalue weighted by Crippen LogP contribution is -2.22. The minimum Gasteiger partial charge on any atom is -0.496 e. The van der Waals surface area contributed by atoms with Gasteiger partial charge in [0.15, 0.2) is 17.6 Å². The number of rotatable bonds is 8. The summed E-state index contributed by atoms with van der Waals surface area (Å²) < 4.78 is 15.5. The molecule has 2 heterocycles. The Balaban J connectivity index is 0.000000216. The van der Waals surface area contributed by atoms with Crippen LogP contribution in [0.1, 0.15) is 5.56 Å². The van der Waals surface area contributed by atoms with E-state index in [9.17, 15) is 0 Å². The van der Waals surface area contributed by atoms with Crippen LogP contribution >= 0.6 is 0 Å². The van der Waals surface area contributed by atoms with E-state index in [1.165, 1.54) is 7.11 Å². The van der Waals surface area contributed by atoms with E-state index >= 15 is 0 Å². The summed E-state index contributed by atoms with van der Waals surface area (Å²) in [5, 5.41) is 17.1. The molecule has 0 spiro atoms. The molecule has 5 rings (SSSR count). The van der Waals surface area contributed by atoms with Crippen molar-refractivity contribution in [3.05, 3.63) is 96.6 Å². The maximum Gasteiger partial charge on any atom is 0.288 e. The van der Waals surface area contributed by atoms with Crippen LogP contribution in [0.25, 0.3) is 22.5 Å². The van der Waals surface area contributed by atoms with Gasteiger partial charge in [0.25, 0.3) is 6.02 Å². The number of guanidine groups is 1. The zero-order chi connectivity index (χ0) is 29.7. The number of H-pyrrole nitrogens is 2. The van der Waals surface area contributed by atoms with E-state index in [1.807, 2.05) is 84.9 Å². The van der Waals surface area contributed by atoms with Gasteiger partial charge in [-0.25, -0.2) is 4.99 Å². The number of nitrogens with one attached hydrogen (secondary N) is 3. The molecule has 12 heteroatoms. The van der Waals surface area contributed by atoms with Crippen LogP contribution in [0.2, 0.25) is 0 Å². The number of hydrogen-bond donors (Lipinski definition) is 5. The SMILES string of the molecule is COC(N)=Nc1cc(-c2ccccc2)[nH]n1.COc1cccc(OC)c1CN=C(N)Nc1cc(-c2ccccc2)[nH]n1. The van der Waals surface area contributed by atoms with E-state index in [4.69, 9.17) is 25.7 Å². The van der Waals surface area contributed by atoms with Crippen molar-refractivity contribution >= 4 is 23.6 Å². The number of hydrogen-bond acceptors (Lipinski definition) is 7. The van der Waals surface area contributed by atoms with E-state index in [2.05, 4.69) is 35.7 Å². The number of anilines is 1. The Morgan fingerprint density at radius 3 is 1.90 bits per heavy atom. The number of amidine groups is 1. The summed E-state index contributed by atoms with van der Waals surface area (Å²) in [4.78, 5) is 8.31. The van der Waals surface area contributed by atoms with Crippen LogP contribution in [0.15, 0.2) is 101 Å². The predicted molar refractivity (Wildman–Crippen MR) is 165 cm³/mol. The molecule has 42 heavy (non-hydrogen) atoms. The highest BCUT2D eigenvalue weighted by Crippen LogP contribution is 2.29. The number of methoxy groups -OCH3 is 3. The molecule has 0 fully saturated rings. The Morgan fingerprint density at radius 2 is 1.33 bits per heavy atom. The predicted octanol–water partition coefficient (Wildman–Crippen LogP) is 4.69. The zero-order valence-electron chi connectivity index (χ0n) is 23.5. The van der Waals surface area contributed by atoms with Gasteiger partial charge in [-0.3, -0.25) is 10.2 Å². The van der Waals surface area contributed by atoms with Gasteiger partial charge in [0.05, 0.1) is 44.8 Å². The lowest BCUT2D eigenvalue weighted by molar-refractivity contribution is 0.385. The third kappa shape index (κ3) is 7.88. The molecule has 0 unspecified atom stereocenters. The van der Waals surface area contributed by atoms with Crippen molar-refractivity contribution < 1.29 is 14.2 Å². The highest BCUT2D eigenvalue weighted by Gasteiger charge is 2.10. The van der Waals surface area contributed by atoms with Crippen molar-refractivity contribution in [2.75, 3.05) is 26.6 Å². The molecule has 3 aromatic carbocycles. The largest absolute Gasteiger partial charge is 0.496 e. The van der Waals surface area contributed by atoms with Crippen molar-refractivity contribution in [3.63, 3.8) is 0 Å². The van der Waals surface area contributed by atoms with Crippen molar-refractivity contribution in [2.24, 2.45) is 21.5 Å². The molecule has 7 N–H and O–H groups in total. The van der Waals surface area contributed by atoms with Gasteiger partial charge in [0.2, 0.25) is 0 Å². The molecule has 0 saturated heterocycles. The van der Waals surface area contributed by atoms with Gasteiger partial charge >= 0.3 is 0 Å². The molecule has 0 aliphatic carbocycles. The summed E-state index contributed by atoms with van der Waals surface area (Å²) in [6, 6.07) is 29.1. The van der Waals surface area contributed by atoms with Crippen LogP contribution in [0.5, 0.6) is 11.5 Å². The fourth-order valence-electron chi connectivity index (χ4n) is 3.86. The minimum atomic E-state index is 0.0890. The minimum absolute atomic E-state index is 0.0890. The summed E-state index contributed by atoms with van der Waals surface area (Å²) in [6.45, 7) is 0.321. The highest BCUT2D eigenvalue weighted by molar-refractivity contribution is 5.91. The first-order valence-corrected chi connectivity index (χ1v) is 12.9. The summed E-state index contributed by atoms with van der Waals surface area (Å²) in [5.41, 5.74) is 16.1. The molecule has 5 aromatic rings. The molecule has 0 bridgehead atoms. The van der Waals surface area contributed by atoms with Gasteiger partial charge in [-0.2, -0.15) is 15.2 Å². The number of aliphatic imine (C=N–C) groups is 2. The molecule has 0 aliphatic heterocycles. The van der Waals surface area contributed by atoms with E-state index in [0.29, 0.717) is 29.7 Å². The topological polar surface area (TPSA) is 174 Å². The van der Waals surface area contributed by atoms with Crippen LogP contribution < -0.4 is 26.3 Å². The van der Waals surface area contributed by atoms with E-state index in [1.54, 1.807) is 20.3 Å². The van der Waals surface area contributed by atoms with Crippen LogP contribution in [-0.2, 0) is 11.3 Å². The van der Waals surface area contributed by atoms with Crippen molar-refractivity contribution in [1.29, 1.82) is 0 Å². The zero-order valence-corrected chi connectivity index (χ0v) is 23.5. The van der Waals surface area contributed by atoms with E-state index in [-0.39, 0.29) is 12.0 Å². The lowest BCUT2D eigenvalue weighted by Gasteiger charge is -2.11. The second kappa shape index (κ2) is 14.6. The molecule has 0 amide bonds. The number of benzene rings is 3. The number of nitrogens with zero attached hydrogens (tertiary/aromatic N) is 4. The molecule has 0 radical (unpaired) electrons. The maximum absolute atomic E-state index is 5.99. The Morgan fingerprint density at radius 1 is 0.762 bits per heavy atom. The van der Waals surface area contributed by atoms with Crippen molar-refractivity contribution in [3.8, 4) is 34.0 Å². The van der Waals surface area contributed by atoms with Crippen molar-refractivity contribution in [2.45, 2.75) is 6.54 Å². The third-order valence-corrected chi connectivity index (χ3v) is 5.94. The van der Waals surface area contributed by atoms with Gasteiger partial charge in [-0.05, 0) is 23.3 Å².